The lowest BCUT2D eigenvalue weighted by Crippen LogP contribution is -2.33. The number of carbonyl (C=O) groups is 2. The molecule has 1 aliphatic rings. The summed E-state index contributed by atoms with van der Waals surface area (Å²) in [5, 5.41) is 5.59. The summed E-state index contributed by atoms with van der Waals surface area (Å²) in [6, 6.07) is 17.2. The third kappa shape index (κ3) is 5.03. The van der Waals surface area contributed by atoms with Crippen LogP contribution in [0.3, 0.4) is 0 Å². The number of benzene rings is 2. The molecule has 0 aliphatic carbocycles. The van der Waals surface area contributed by atoms with E-state index in [2.05, 4.69) is 15.6 Å². The van der Waals surface area contributed by atoms with Crippen LogP contribution in [0, 0.1) is 0 Å². The average molecular weight is 450 g/mol. The third-order valence-electron chi connectivity index (χ3n) is 5.43. The predicted octanol–water partition coefficient (Wildman–Crippen LogP) is 2.84. The number of carbonyl (C=O) groups excluding carboxylic acids is 2. The first-order valence-electron chi connectivity index (χ1n) is 10.3. The van der Waals surface area contributed by atoms with E-state index in [0.717, 1.165) is 11.1 Å². The minimum absolute atomic E-state index is 0.0810. The zero-order valence-corrected chi connectivity index (χ0v) is 18.1. The fourth-order valence-corrected chi connectivity index (χ4v) is 5.26. The summed E-state index contributed by atoms with van der Waals surface area (Å²) < 4.78 is 26.5. The van der Waals surface area contributed by atoms with Gasteiger partial charge in [-0.2, -0.15) is 0 Å². The second-order valence-corrected chi connectivity index (χ2v) is 9.73. The number of nitrogens with zero attached hydrogens (tertiary/aromatic N) is 1. The summed E-state index contributed by atoms with van der Waals surface area (Å²) in [7, 11) is -3.77. The molecule has 0 saturated carbocycles. The Kier molecular flexibility index (Phi) is 6.32. The number of rotatable bonds is 7. The smallest absolute Gasteiger partial charge is 0.228 e. The highest BCUT2D eigenvalue weighted by Crippen LogP contribution is 2.28. The lowest BCUT2D eigenvalue weighted by molar-refractivity contribution is -0.122. The Bertz CT molecular complexity index is 1230. The van der Waals surface area contributed by atoms with Crippen LogP contribution >= 0.6 is 0 Å². The van der Waals surface area contributed by atoms with E-state index < -0.39 is 15.8 Å². The highest BCUT2D eigenvalue weighted by Gasteiger charge is 2.29. The molecule has 0 spiro atoms. The van der Waals surface area contributed by atoms with Gasteiger partial charge in [-0.15, -0.1) is 0 Å². The molecule has 1 aliphatic heterocycles. The average Bonchev–Trinajstić information content (AvgIpc) is 2.82. The van der Waals surface area contributed by atoms with Crippen LogP contribution in [-0.4, -0.2) is 31.0 Å². The molecule has 1 atom stereocenters. The SMILES string of the molecule is O=C1CCc2cc(S(=O)(=O)CC(C(=O)NCc3cccnc3)c3ccccc3)ccc2N1. The van der Waals surface area contributed by atoms with Crippen LogP contribution < -0.4 is 10.6 Å². The molecule has 1 aromatic heterocycles. The molecule has 8 heteroatoms. The lowest BCUT2D eigenvalue weighted by atomic mass is 10.0. The van der Waals surface area contributed by atoms with E-state index in [-0.39, 0.29) is 29.0 Å². The van der Waals surface area contributed by atoms with E-state index in [1.54, 1.807) is 54.9 Å². The fraction of sp³-hybridized carbons (Fsp3) is 0.208. The molecule has 0 bridgehead atoms. The maximum atomic E-state index is 13.3. The number of hydrogen-bond acceptors (Lipinski definition) is 5. The molecule has 2 aromatic carbocycles. The lowest BCUT2D eigenvalue weighted by Gasteiger charge is -2.20. The van der Waals surface area contributed by atoms with Gasteiger partial charge in [-0.3, -0.25) is 14.6 Å². The third-order valence-corrected chi connectivity index (χ3v) is 7.17. The number of fused-ring (bicyclic) bond motifs is 1. The van der Waals surface area contributed by atoms with Crippen LogP contribution in [0.5, 0.6) is 0 Å². The molecular weight excluding hydrogens is 426 g/mol. The van der Waals surface area contributed by atoms with Crippen molar-refractivity contribution in [2.45, 2.75) is 30.2 Å². The molecule has 2 N–H and O–H groups in total. The monoisotopic (exact) mass is 449 g/mol. The van der Waals surface area contributed by atoms with E-state index in [1.807, 2.05) is 12.1 Å². The molecule has 0 saturated heterocycles. The quantitative estimate of drug-likeness (QED) is 0.577. The van der Waals surface area contributed by atoms with E-state index >= 15 is 0 Å². The Morgan fingerprint density at radius 2 is 1.88 bits per heavy atom. The van der Waals surface area contributed by atoms with Crippen molar-refractivity contribution in [3.63, 3.8) is 0 Å². The van der Waals surface area contributed by atoms with Crippen molar-refractivity contribution in [1.82, 2.24) is 10.3 Å². The Balaban J connectivity index is 1.57. The fourth-order valence-electron chi connectivity index (χ4n) is 3.69. The molecule has 2 heterocycles. The summed E-state index contributed by atoms with van der Waals surface area (Å²) in [5.74, 6) is -1.67. The van der Waals surface area contributed by atoms with Gasteiger partial charge in [0.15, 0.2) is 9.84 Å². The maximum Gasteiger partial charge on any atom is 0.228 e. The molecule has 32 heavy (non-hydrogen) atoms. The first-order chi connectivity index (χ1) is 15.4. The van der Waals surface area contributed by atoms with Crippen molar-refractivity contribution in [3.8, 4) is 0 Å². The molecule has 3 aromatic rings. The molecule has 7 nitrogen and oxygen atoms in total. The maximum absolute atomic E-state index is 13.3. The topological polar surface area (TPSA) is 105 Å². The normalized spacial score (nSPS) is 14.2. The van der Waals surface area contributed by atoms with E-state index in [1.165, 1.54) is 6.07 Å². The van der Waals surface area contributed by atoms with Gasteiger partial charge in [-0.1, -0.05) is 36.4 Å². The van der Waals surface area contributed by atoms with Crippen LogP contribution in [0.25, 0.3) is 0 Å². The molecule has 1 unspecified atom stereocenters. The van der Waals surface area contributed by atoms with Crippen molar-refractivity contribution in [2.75, 3.05) is 11.1 Å². The van der Waals surface area contributed by atoms with Gasteiger partial charge in [0.2, 0.25) is 11.8 Å². The standard InChI is InChI=1S/C24H23N3O4S/c28-23-11-8-19-13-20(9-10-22(19)27-23)32(30,31)16-21(18-6-2-1-3-7-18)24(29)26-15-17-5-4-12-25-14-17/h1-7,9-10,12-14,21H,8,11,15-16H2,(H,26,29)(H,27,28). The number of sulfone groups is 1. The van der Waals surface area contributed by atoms with Crippen LogP contribution in [0.1, 0.15) is 29.0 Å². The predicted molar refractivity (Wildman–Crippen MR) is 121 cm³/mol. The van der Waals surface area contributed by atoms with Crippen LogP contribution in [0.15, 0.2) is 78.0 Å². The molecule has 4 rings (SSSR count). The van der Waals surface area contributed by atoms with Gasteiger partial charge in [-0.25, -0.2) is 8.42 Å². The Morgan fingerprint density at radius 1 is 1.06 bits per heavy atom. The number of hydrogen-bond donors (Lipinski definition) is 2. The number of aryl methyl sites for hydroxylation is 1. The minimum Gasteiger partial charge on any atom is -0.351 e. The molecular formula is C24H23N3O4S. The molecule has 0 radical (unpaired) electrons. The van der Waals surface area contributed by atoms with E-state index in [4.69, 9.17) is 0 Å². The number of nitrogens with one attached hydrogen (secondary N) is 2. The van der Waals surface area contributed by atoms with Crippen LogP contribution in [0.4, 0.5) is 5.69 Å². The molecule has 2 amide bonds. The Labute approximate surface area is 186 Å². The van der Waals surface area contributed by atoms with Crippen LogP contribution in [0.2, 0.25) is 0 Å². The molecule has 0 fully saturated rings. The van der Waals surface area contributed by atoms with Gasteiger partial charge in [-0.05, 0) is 47.4 Å². The summed E-state index contributed by atoms with van der Waals surface area (Å²) in [4.78, 5) is 28.8. The number of amides is 2. The van der Waals surface area contributed by atoms with Gasteiger partial charge >= 0.3 is 0 Å². The second-order valence-electron chi connectivity index (χ2n) is 7.69. The number of pyridine rings is 1. The second kappa shape index (κ2) is 9.32. The van der Waals surface area contributed by atoms with E-state index in [0.29, 0.717) is 24.1 Å². The zero-order chi connectivity index (χ0) is 22.6. The Morgan fingerprint density at radius 3 is 2.62 bits per heavy atom. The highest BCUT2D eigenvalue weighted by atomic mass is 32.2. The van der Waals surface area contributed by atoms with Crippen molar-refractivity contribution < 1.29 is 18.0 Å². The minimum atomic E-state index is -3.77. The van der Waals surface area contributed by atoms with Crippen LogP contribution in [-0.2, 0) is 32.4 Å². The first-order valence-corrected chi connectivity index (χ1v) is 11.9. The highest BCUT2D eigenvalue weighted by molar-refractivity contribution is 7.91. The van der Waals surface area contributed by atoms with Crippen molar-refractivity contribution >= 4 is 27.3 Å². The Hall–Kier alpha value is -3.52. The summed E-state index contributed by atoms with van der Waals surface area (Å²) in [5.41, 5.74) is 2.87. The summed E-state index contributed by atoms with van der Waals surface area (Å²) in [6.45, 7) is 0.259. The van der Waals surface area contributed by atoms with Gasteiger partial charge in [0.1, 0.15) is 0 Å². The van der Waals surface area contributed by atoms with Crippen molar-refractivity contribution in [1.29, 1.82) is 0 Å². The first kappa shape index (κ1) is 21.7. The van der Waals surface area contributed by atoms with Gasteiger partial charge in [0.25, 0.3) is 0 Å². The zero-order valence-electron chi connectivity index (χ0n) is 17.3. The largest absolute Gasteiger partial charge is 0.351 e. The van der Waals surface area contributed by atoms with Gasteiger partial charge in [0, 0.05) is 31.0 Å². The number of anilines is 1. The van der Waals surface area contributed by atoms with E-state index in [9.17, 15) is 18.0 Å². The van der Waals surface area contributed by atoms with Crippen molar-refractivity contribution in [3.05, 3.63) is 89.7 Å². The summed E-state index contributed by atoms with van der Waals surface area (Å²) in [6.07, 6.45) is 4.10. The number of aromatic nitrogens is 1. The van der Waals surface area contributed by atoms with Gasteiger partial charge < -0.3 is 10.6 Å². The summed E-state index contributed by atoms with van der Waals surface area (Å²) >= 11 is 0. The van der Waals surface area contributed by atoms with Crippen molar-refractivity contribution in [2.24, 2.45) is 0 Å². The molecule has 164 valence electrons. The van der Waals surface area contributed by atoms with Gasteiger partial charge in [0.05, 0.1) is 16.6 Å².